The normalized spacial score (nSPS) is 11.1. The molecule has 0 aliphatic carbocycles. The molecular formula is C15H21N3O. The molecule has 2 N–H and O–H groups in total. The number of benzene rings is 1. The van der Waals surface area contributed by atoms with E-state index in [4.69, 9.17) is 10.3 Å². The van der Waals surface area contributed by atoms with Gasteiger partial charge in [-0.1, -0.05) is 31.1 Å². The van der Waals surface area contributed by atoms with Gasteiger partial charge in [0.1, 0.15) is 0 Å². The Morgan fingerprint density at radius 3 is 2.53 bits per heavy atom. The molecule has 1 aromatic carbocycles. The van der Waals surface area contributed by atoms with Crippen molar-refractivity contribution in [2.75, 3.05) is 5.73 Å². The molecule has 0 amide bonds. The molecule has 1 aromatic heterocycles. The molecule has 0 radical (unpaired) electrons. The van der Waals surface area contributed by atoms with E-state index >= 15 is 0 Å². The lowest BCUT2D eigenvalue weighted by Crippen LogP contribution is -1.95. The Bertz CT molecular complexity index is 502. The van der Waals surface area contributed by atoms with Crippen LogP contribution in [-0.2, 0) is 19.3 Å². The Labute approximate surface area is 114 Å². The Hall–Kier alpha value is -1.84. The van der Waals surface area contributed by atoms with Gasteiger partial charge in [0.05, 0.1) is 0 Å². The minimum Gasteiger partial charge on any atom is -0.399 e. The van der Waals surface area contributed by atoms with Crippen LogP contribution in [-0.4, -0.2) is 10.1 Å². The number of nitrogens with two attached hydrogens (primary N) is 1. The first-order valence-corrected chi connectivity index (χ1v) is 6.79. The van der Waals surface area contributed by atoms with Crippen molar-refractivity contribution in [3.63, 3.8) is 0 Å². The maximum Gasteiger partial charge on any atom is 0.226 e. The maximum absolute atomic E-state index is 5.65. The lowest BCUT2D eigenvalue weighted by molar-refractivity contribution is 0.371. The van der Waals surface area contributed by atoms with Crippen LogP contribution in [0.5, 0.6) is 0 Å². The number of nitrogen functional groups attached to an aromatic ring is 1. The summed E-state index contributed by atoms with van der Waals surface area (Å²) in [4.78, 5) is 4.41. The van der Waals surface area contributed by atoms with Gasteiger partial charge in [-0.25, -0.2) is 0 Å². The van der Waals surface area contributed by atoms with Crippen LogP contribution in [0.1, 0.15) is 37.5 Å². The van der Waals surface area contributed by atoms with E-state index in [1.54, 1.807) is 0 Å². The minimum atomic E-state index is 0.664. The fourth-order valence-corrected chi connectivity index (χ4v) is 1.85. The van der Waals surface area contributed by atoms with Crippen molar-refractivity contribution in [2.24, 2.45) is 5.92 Å². The van der Waals surface area contributed by atoms with E-state index in [0.29, 0.717) is 5.92 Å². The highest BCUT2D eigenvalue weighted by Crippen LogP contribution is 2.10. The molecule has 0 saturated heterocycles. The number of rotatable bonds is 6. The van der Waals surface area contributed by atoms with Crippen molar-refractivity contribution in [1.82, 2.24) is 10.1 Å². The van der Waals surface area contributed by atoms with Crippen LogP contribution in [0.2, 0.25) is 0 Å². The van der Waals surface area contributed by atoms with Gasteiger partial charge in [0, 0.05) is 18.5 Å². The zero-order chi connectivity index (χ0) is 13.7. The van der Waals surface area contributed by atoms with Gasteiger partial charge in [-0.2, -0.15) is 4.98 Å². The topological polar surface area (TPSA) is 64.9 Å². The second-order valence-corrected chi connectivity index (χ2v) is 5.28. The van der Waals surface area contributed by atoms with E-state index < -0.39 is 0 Å². The van der Waals surface area contributed by atoms with E-state index in [2.05, 4.69) is 24.0 Å². The third-order valence-corrected chi connectivity index (χ3v) is 3.06. The molecule has 2 aromatic rings. The first kappa shape index (κ1) is 13.6. The van der Waals surface area contributed by atoms with Gasteiger partial charge in [0.2, 0.25) is 5.89 Å². The van der Waals surface area contributed by atoms with Crippen LogP contribution in [0.15, 0.2) is 28.8 Å². The average molecular weight is 259 g/mol. The van der Waals surface area contributed by atoms with Gasteiger partial charge >= 0.3 is 0 Å². The van der Waals surface area contributed by atoms with E-state index in [-0.39, 0.29) is 0 Å². The predicted molar refractivity (Wildman–Crippen MR) is 75.7 cm³/mol. The molecule has 0 fully saturated rings. The molecule has 0 aliphatic rings. The largest absolute Gasteiger partial charge is 0.399 e. The van der Waals surface area contributed by atoms with E-state index in [9.17, 15) is 0 Å². The molecule has 19 heavy (non-hydrogen) atoms. The predicted octanol–water partition coefficient (Wildman–Crippen LogP) is 3.03. The van der Waals surface area contributed by atoms with Crippen molar-refractivity contribution in [2.45, 2.75) is 39.5 Å². The van der Waals surface area contributed by atoms with Crippen LogP contribution < -0.4 is 5.73 Å². The maximum atomic E-state index is 5.65. The molecule has 4 heteroatoms. The quantitative estimate of drug-likeness (QED) is 0.810. The lowest BCUT2D eigenvalue weighted by Gasteiger charge is -1.99. The fourth-order valence-electron chi connectivity index (χ4n) is 1.85. The first-order chi connectivity index (χ1) is 9.13. The smallest absolute Gasteiger partial charge is 0.226 e. The van der Waals surface area contributed by atoms with Crippen molar-refractivity contribution in [3.8, 4) is 0 Å². The average Bonchev–Trinajstić information content (AvgIpc) is 2.84. The van der Waals surface area contributed by atoms with Crippen LogP contribution in [0.3, 0.4) is 0 Å². The number of hydrogen-bond donors (Lipinski definition) is 1. The Balaban J connectivity index is 1.84. The summed E-state index contributed by atoms with van der Waals surface area (Å²) in [5.41, 5.74) is 7.68. The van der Waals surface area contributed by atoms with Gasteiger partial charge < -0.3 is 10.3 Å². The van der Waals surface area contributed by atoms with E-state index in [1.165, 1.54) is 5.56 Å². The zero-order valence-corrected chi connectivity index (χ0v) is 11.6. The summed E-state index contributed by atoms with van der Waals surface area (Å²) in [6, 6.07) is 7.89. The van der Waals surface area contributed by atoms with Gasteiger partial charge in [0.25, 0.3) is 0 Å². The zero-order valence-electron chi connectivity index (χ0n) is 11.6. The second-order valence-electron chi connectivity index (χ2n) is 5.28. The fraction of sp³-hybridized carbons (Fsp3) is 0.467. The summed E-state index contributed by atoms with van der Waals surface area (Å²) >= 11 is 0. The highest BCUT2D eigenvalue weighted by Gasteiger charge is 2.07. The highest BCUT2D eigenvalue weighted by molar-refractivity contribution is 5.39. The van der Waals surface area contributed by atoms with E-state index in [1.807, 2.05) is 24.3 Å². The Morgan fingerprint density at radius 1 is 1.11 bits per heavy atom. The first-order valence-electron chi connectivity index (χ1n) is 6.79. The van der Waals surface area contributed by atoms with Crippen LogP contribution in [0.25, 0.3) is 0 Å². The Kier molecular flexibility index (Phi) is 4.55. The molecule has 0 bridgehead atoms. The molecule has 4 nitrogen and oxygen atoms in total. The summed E-state index contributed by atoms with van der Waals surface area (Å²) in [6.45, 7) is 4.39. The molecule has 0 atom stereocenters. The van der Waals surface area contributed by atoms with Crippen molar-refractivity contribution < 1.29 is 4.52 Å². The monoisotopic (exact) mass is 259 g/mol. The molecule has 0 saturated carbocycles. The van der Waals surface area contributed by atoms with Gasteiger partial charge in [0.15, 0.2) is 5.82 Å². The van der Waals surface area contributed by atoms with Crippen molar-refractivity contribution in [1.29, 1.82) is 0 Å². The SMILES string of the molecule is CC(C)CCc1noc(CCc2ccc(N)cc2)n1. The summed E-state index contributed by atoms with van der Waals surface area (Å²) in [7, 11) is 0. The molecule has 2 rings (SSSR count). The van der Waals surface area contributed by atoms with Crippen LogP contribution in [0.4, 0.5) is 5.69 Å². The minimum absolute atomic E-state index is 0.664. The van der Waals surface area contributed by atoms with Gasteiger partial charge in [-0.05, 0) is 36.5 Å². The van der Waals surface area contributed by atoms with E-state index in [0.717, 1.165) is 43.1 Å². The van der Waals surface area contributed by atoms with Gasteiger partial charge in [-0.3, -0.25) is 0 Å². The van der Waals surface area contributed by atoms with Crippen LogP contribution >= 0.6 is 0 Å². The summed E-state index contributed by atoms with van der Waals surface area (Å²) in [6.07, 6.45) is 3.66. The van der Waals surface area contributed by atoms with Crippen LogP contribution in [0, 0.1) is 5.92 Å². The molecule has 102 valence electrons. The molecule has 1 heterocycles. The number of anilines is 1. The molecular weight excluding hydrogens is 238 g/mol. The summed E-state index contributed by atoms with van der Waals surface area (Å²) in [5, 5.41) is 4.01. The molecule has 0 unspecified atom stereocenters. The van der Waals surface area contributed by atoms with Crippen molar-refractivity contribution >= 4 is 5.69 Å². The Morgan fingerprint density at radius 2 is 1.84 bits per heavy atom. The standard InChI is InChI=1S/C15H21N3O/c1-11(2)3-9-14-17-15(19-18-14)10-6-12-4-7-13(16)8-5-12/h4-5,7-8,11H,3,6,9-10,16H2,1-2H3. The lowest BCUT2D eigenvalue weighted by atomic mass is 10.1. The number of hydrogen-bond acceptors (Lipinski definition) is 4. The van der Waals surface area contributed by atoms with Gasteiger partial charge in [-0.15, -0.1) is 0 Å². The summed E-state index contributed by atoms with van der Waals surface area (Å²) < 4.78 is 5.26. The van der Waals surface area contributed by atoms with Crippen molar-refractivity contribution in [3.05, 3.63) is 41.5 Å². The summed E-state index contributed by atoms with van der Waals surface area (Å²) in [5.74, 6) is 2.20. The number of aromatic nitrogens is 2. The number of aryl methyl sites for hydroxylation is 3. The highest BCUT2D eigenvalue weighted by atomic mass is 16.5. The third kappa shape index (κ3) is 4.39. The molecule has 0 aliphatic heterocycles. The number of nitrogens with zero attached hydrogens (tertiary/aromatic N) is 2. The third-order valence-electron chi connectivity index (χ3n) is 3.06. The molecule has 0 spiro atoms. The second kappa shape index (κ2) is 6.36.